The third kappa shape index (κ3) is 6.24. The molecule has 0 radical (unpaired) electrons. The number of hydrogen-bond acceptors (Lipinski definition) is 3. The molecule has 0 saturated carbocycles. The van der Waals surface area contributed by atoms with Crippen LogP contribution in [0.1, 0.15) is 20.3 Å². The van der Waals surface area contributed by atoms with Crippen LogP contribution in [0.5, 0.6) is 0 Å². The average molecular weight is 172 g/mol. The highest BCUT2D eigenvalue weighted by molar-refractivity contribution is 7.99. The van der Waals surface area contributed by atoms with E-state index >= 15 is 0 Å². The van der Waals surface area contributed by atoms with Gasteiger partial charge in [0.25, 0.3) is 0 Å². The average Bonchev–Trinajstić information content (AvgIpc) is 1.97. The molecular formula is C8H16N2S. The predicted octanol–water partition coefficient (Wildman–Crippen LogP) is 0.983. The van der Waals surface area contributed by atoms with Gasteiger partial charge in [0.15, 0.2) is 0 Å². The number of nitrogens with one attached hydrogen (secondary N) is 1. The lowest BCUT2D eigenvalue weighted by atomic mass is 10.3. The number of terminal acetylenes is 1. The lowest BCUT2D eigenvalue weighted by Gasteiger charge is -2.13. The summed E-state index contributed by atoms with van der Waals surface area (Å²) < 4.78 is 0. The van der Waals surface area contributed by atoms with Crippen molar-refractivity contribution in [1.29, 1.82) is 0 Å². The zero-order chi connectivity index (χ0) is 8.69. The second kappa shape index (κ2) is 6.53. The fourth-order valence-electron chi connectivity index (χ4n) is 0.617. The molecule has 0 amide bonds. The van der Waals surface area contributed by atoms with Crippen LogP contribution in [-0.2, 0) is 0 Å². The van der Waals surface area contributed by atoms with Gasteiger partial charge in [0, 0.05) is 18.2 Å². The summed E-state index contributed by atoms with van der Waals surface area (Å²) in [5.41, 5.74) is 2.70. The van der Waals surface area contributed by atoms with Crippen LogP contribution in [-0.4, -0.2) is 17.0 Å². The molecule has 1 atom stereocenters. The molecule has 0 aliphatic heterocycles. The first kappa shape index (κ1) is 10.8. The Morgan fingerprint density at radius 1 is 1.64 bits per heavy atom. The lowest BCUT2D eigenvalue weighted by molar-refractivity contribution is 0.591. The largest absolute Gasteiger partial charge is 0.271 e. The monoisotopic (exact) mass is 172 g/mol. The number of hydrogen-bond donors (Lipinski definition) is 2. The molecule has 0 saturated heterocycles. The number of thioether (sulfide) groups is 1. The predicted molar refractivity (Wildman–Crippen MR) is 52.2 cm³/mol. The quantitative estimate of drug-likeness (QED) is 0.369. The molecule has 0 aromatic carbocycles. The van der Waals surface area contributed by atoms with Gasteiger partial charge in [-0.25, -0.2) is 0 Å². The SMILES string of the molecule is C#CCC(CSC(C)C)NN. The van der Waals surface area contributed by atoms with Gasteiger partial charge in [0.05, 0.1) is 0 Å². The molecule has 0 spiro atoms. The van der Waals surface area contributed by atoms with E-state index in [1.807, 2.05) is 11.8 Å². The highest BCUT2D eigenvalue weighted by Crippen LogP contribution is 2.11. The van der Waals surface area contributed by atoms with Gasteiger partial charge in [0.2, 0.25) is 0 Å². The van der Waals surface area contributed by atoms with E-state index < -0.39 is 0 Å². The van der Waals surface area contributed by atoms with Gasteiger partial charge in [-0.3, -0.25) is 11.3 Å². The molecule has 0 rings (SSSR count). The third-order valence-electron chi connectivity index (χ3n) is 1.23. The lowest BCUT2D eigenvalue weighted by Crippen LogP contribution is -2.36. The molecule has 3 heteroatoms. The Morgan fingerprint density at radius 3 is 2.64 bits per heavy atom. The van der Waals surface area contributed by atoms with Gasteiger partial charge in [-0.1, -0.05) is 13.8 Å². The summed E-state index contributed by atoms with van der Waals surface area (Å²) in [7, 11) is 0. The summed E-state index contributed by atoms with van der Waals surface area (Å²) in [5, 5.41) is 0.642. The van der Waals surface area contributed by atoms with E-state index in [9.17, 15) is 0 Å². The van der Waals surface area contributed by atoms with Crippen LogP contribution < -0.4 is 11.3 Å². The van der Waals surface area contributed by atoms with Crippen LogP contribution in [0.2, 0.25) is 0 Å². The summed E-state index contributed by atoms with van der Waals surface area (Å²) in [4.78, 5) is 0. The van der Waals surface area contributed by atoms with Crippen molar-refractivity contribution in [3.63, 3.8) is 0 Å². The Labute approximate surface area is 73.3 Å². The molecule has 0 aromatic rings. The van der Waals surface area contributed by atoms with E-state index in [0.717, 1.165) is 5.75 Å². The molecule has 3 N–H and O–H groups in total. The van der Waals surface area contributed by atoms with Crippen LogP contribution >= 0.6 is 11.8 Å². The summed E-state index contributed by atoms with van der Waals surface area (Å²) in [5.74, 6) is 8.86. The van der Waals surface area contributed by atoms with Crippen molar-refractivity contribution in [3.05, 3.63) is 0 Å². The van der Waals surface area contributed by atoms with Crippen LogP contribution in [0.3, 0.4) is 0 Å². The maximum Gasteiger partial charge on any atom is 0.0410 e. The molecule has 11 heavy (non-hydrogen) atoms. The molecule has 0 aliphatic rings. The molecule has 0 aromatic heterocycles. The van der Waals surface area contributed by atoms with Gasteiger partial charge in [0.1, 0.15) is 0 Å². The van der Waals surface area contributed by atoms with Crippen LogP contribution in [0.15, 0.2) is 0 Å². The Morgan fingerprint density at radius 2 is 2.27 bits per heavy atom. The second-order valence-corrected chi connectivity index (χ2v) is 4.26. The number of nitrogens with two attached hydrogens (primary N) is 1. The number of rotatable bonds is 5. The van der Waals surface area contributed by atoms with E-state index in [0.29, 0.717) is 11.7 Å². The highest BCUT2D eigenvalue weighted by Gasteiger charge is 2.05. The van der Waals surface area contributed by atoms with Crippen molar-refractivity contribution in [2.24, 2.45) is 5.84 Å². The fraction of sp³-hybridized carbons (Fsp3) is 0.750. The summed E-state index contributed by atoms with van der Waals surface area (Å²) >= 11 is 1.87. The first-order chi connectivity index (χ1) is 5.20. The molecule has 64 valence electrons. The summed E-state index contributed by atoms with van der Waals surface area (Å²) in [6.07, 6.45) is 5.86. The molecule has 2 nitrogen and oxygen atoms in total. The molecule has 0 aliphatic carbocycles. The van der Waals surface area contributed by atoms with Gasteiger partial charge in [-0.15, -0.1) is 12.3 Å². The van der Waals surface area contributed by atoms with Crippen LogP contribution in [0, 0.1) is 12.3 Å². The molecule has 0 fully saturated rings. The molecule has 1 unspecified atom stereocenters. The highest BCUT2D eigenvalue weighted by atomic mass is 32.2. The standard InChI is InChI=1S/C8H16N2S/c1-4-5-8(10-9)6-11-7(2)3/h1,7-8,10H,5-6,9H2,2-3H3. The van der Waals surface area contributed by atoms with Gasteiger partial charge in [-0.05, 0) is 5.25 Å². The van der Waals surface area contributed by atoms with E-state index in [1.165, 1.54) is 0 Å². The first-order valence-corrected chi connectivity index (χ1v) is 4.76. The Hall–Kier alpha value is -0.170. The molecule has 0 bridgehead atoms. The Bertz CT molecular complexity index is 129. The minimum atomic E-state index is 0.257. The summed E-state index contributed by atoms with van der Waals surface area (Å²) in [6.45, 7) is 4.32. The van der Waals surface area contributed by atoms with E-state index in [-0.39, 0.29) is 6.04 Å². The third-order valence-corrected chi connectivity index (χ3v) is 2.49. The zero-order valence-corrected chi connectivity index (χ0v) is 7.95. The maximum absolute atomic E-state index is 5.29. The van der Waals surface area contributed by atoms with Crippen molar-refractivity contribution in [2.75, 3.05) is 5.75 Å². The van der Waals surface area contributed by atoms with E-state index in [2.05, 4.69) is 25.2 Å². The minimum absolute atomic E-state index is 0.257. The van der Waals surface area contributed by atoms with Crippen molar-refractivity contribution in [1.82, 2.24) is 5.43 Å². The normalized spacial score (nSPS) is 13.0. The van der Waals surface area contributed by atoms with Gasteiger partial charge >= 0.3 is 0 Å². The minimum Gasteiger partial charge on any atom is -0.271 e. The van der Waals surface area contributed by atoms with Crippen molar-refractivity contribution in [3.8, 4) is 12.3 Å². The van der Waals surface area contributed by atoms with Crippen LogP contribution in [0.25, 0.3) is 0 Å². The summed E-state index contributed by atoms with van der Waals surface area (Å²) in [6, 6.07) is 0.257. The number of hydrazine groups is 1. The molecular weight excluding hydrogens is 156 g/mol. The van der Waals surface area contributed by atoms with Crippen LogP contribution in [0.4, 0.5) is 0 Å². The van der Waals surface area contributed by atoms with E-state index in [4.69, 9.17) is 12.3 Å². The Balaban J connectivity index is 3.45. The van der Waals surface area contributed by atoms with E-state index in [1.54, 1.807) is 0 Å². The zero-order valence-electron chi connectivity index (χ0n) is 7.13. The van der Waals surface area contributed by atoms with Crippen molar-refractivity contribution >= 4 is 11.8 Å². The van der Waals surface area contributed by atoms with Crippen molar-refractivity contribution in [2.45, 2.75) is 31.6 Å². The second-order valence-electron chi connectivity index (χ2n) is 2.65. The van der Waals surface area contributed by atoms with Gasteiger partial charge < -0.3 is 0 Å². The first-order valence-electron chi connectivity index (χ1n) is 3.72. The topological polar surface area (TPSA) is 38.0 Å². The Kier molecular flexibility index (Phi) is 6.43. The smallest absolute Gasteiger partial charge is 0.0410 e. The maximum atomic E-state index is 5.29. The van der Waals surface area contributed by atoms with Gasteiger partial charge in [-0.2, -0.15) is 11.8 Å². The van der Waals surface area contributed by atoms with Crippen molar-refractivity contribution < 1.29 is 0 Å². The molecule has 0 heterocycles. The fourth-order valence-corrected chi connectivity index (χ4v) is 1.45.